The van der Waals surface area contributed by atoms with Crippen LogP contribution in [0.2, 0.25) is 0 Å². The molecular formula is C88H68Cu2O4P4Zn2+4. The van der Waals surface area contributed by atoms with Crippen molar-refractivity contribution < 1.29 is 93.5 Å². The Morgan fingerprint density at radius 3 is 0.450 bits per heavy atom. The summed E-state index contributed by atoms with van der Waals surface area (Å²) < 4.78 is 0. The van der Waals surface area contributed by atoms with Crippen molar-refractivity contribution in [1.29, 1.82) is 0 Å². The third-order valence-electron chi connectivity index (χ3n) is 18.2. The summed E-state index contributed by atoms with van der Waals surface area (Å²) in [6, 6.07) is 126. The van der Waals surface area contributed by atoms with Crippen LogP contribution in [0.25, 0.3) is 65.3 Å². The molecule has 0 atom stereocenters. The minimum absolute atomic E-state index is 0. The molecule has 16 aromatic carbocycles. The molecule has 0 fully saturated rings. The van der Waals surface area contributed by atoms with Crippen molar-refractivity contribution in [2.45, 2.75) is 0 Å². The van der Waals surface area contributed by atoms with E-state index in [2.05, 4.69) is 267 Å². The fourth-order valence-electron chi connectivity index (χ4n) is 13.9. The average molecular weight is 1570 g/mol. The van der Waals surface area contributed by atoms with Gasteiger partial charge >= 0.3 is 0 Å². The molecule has 486 valence electrons. The minimum Gasteiger partial charge on any atom is -0.504 e. The molecule has 0 spiro atoms. The van der Waals surface area contributed by atoms with Crippen molar-refractivity contribution in [3.63, 3.8) is 0 Å². The van der Waals surface area contributed by atoms with Gasteiger partial charge < -0.3 is 20.4 Å². The third kappa shape index (κ3) is 14.6. The molecule has 4 nitrogen and oxygen atoms in total. The molecule has 0 aliphatic heterocycles. The van der Waals surface area contributed by atoms with E-state index in [1.54, 1.807) is 0 Å². The molecule has 0 heterocycles. The predicted molar refractivity (Wildman–Crippen MR) is 421 cm³/mol. The van der Waals surface area contributed by atoms with E-state index >= 15 is 0 Å². The molecule has 0 aromatic heterocycles. The molecule has 12 heteroatoms. The Balaban J connectivity index is 0.000000194. The second-order valence-corrected chi connectivity index (χ2v) is 33.7. The Bertz CT molecular complexity index is 4590. The Morgan fingerprint density at radius 2 is 0.300 bits per heavy atom. The molecular weight excluding hydrogens is 1500 g/mol. The van der Waals surface area contributed by atoms with Gasteiger partial charge in [0, 0.05) is 95.3 Å². The maximum absolute atomic E-state index is 12.7. The summed E-state index contributed by atoms with van der Waals surface area (Å²) in [4.78, 5) is 0. The number of hydrogen-bond donors (Lipinski definition) is 4. The molecule has 0 saturated carbocycles. The topological polar surface area (TPSA) is 80.9 Å². The number of fused-ring (bicyclic) bond motifs is 4. The van der Waals surface area contributed by atoms with Gasteiger partial charge in [-0.2, -0.15) is 0 Å². The quantitative estimate of drug-likeness (QED) is 0.0646. The smallest absolute Gasteiger partial charge is 0.167 e. The molecule has 0 amide bonds. The number of phenols is 4. The van der Waals surface area contributed by atoms with Crippen molar-refractivity contribution in [2.75, 3.05) is 0 Å². The first-order valence-electron chi connectivity index (χ1n) is 32.3. The summed E-state index contributed by atoms with van der Waals surface area (Å²) in [5, 5.41) is 71.7. The van der Waals surface area contributed by atoms with Gasteiger partial charge in [0.2, 0.25) is 0 Å². The zero-order chi connectivity index (χ0) is 64.9. The van der Waals surface area contributed by atoms with E-state index in [0.29, 0.717) is 22.3 Å². The fraction of sp³-hybridized carbons (Fsp3) is 0. The first kappa shape index (κ1) is 73.0. The van der Waals surface area contributed by atoms with Crippen LogP contribution in [0, 0.1) is 0 Å². The SMILES string of the molecule is Oc1c([PH+](c2ccccc2)c2ccccc2)cc2ccccc2c1-c1c(O)c([PH+](c2ccccc2)c2ccccc2)cc2ccccc12.Oc1c([PH+](c2ccccc2)c2ccccc2)cc2ccccc2c1-c1c(O)c([PH+](c2ccccc2)c2ccccc2)cc2ccccc12.[Cu].[Cu].[Zn].[Zn]. The van der Waals surface area contributed by atoms with Gasteiger partial charge in [0.25, 0.3) is 0 Å². The number of benzene rings is 16. The van der Waals surface area contributed by atoms with Gasteiger partial charge in [-0.25, -0.2) is 0 Å². The summed E-state index contributed by atoms with van der Waals surface area (Å²) in [5.74, 6) is 0.893. The molecule has 0 bridgehead atoms. The second kappa shape index (κ2) is 33.5. The van der Waals surface area contributed by atoms with Crippen LogP contribution in [-0.2, 0) is 73.1 Å². The van der Waals surface area contributed by atoms with Crippen molar-refractivity contribution >= 4 is 138 Å². The van der Waals surface area contributed by atoms with Gasteiger partial charge in [-0.3, -0.25) is 0 Å². The number of aromatic hydroxyl groups is 4. The van der Waals surface area contributed by atoms with Crippen LogP contribution < -0.4 is 63.7 Å². The summed E-state index contributed by atoms with van der Waals surface area (Å²) in [5.41, 5.74) is 2.71. The van der Waals surface area contributed by atoms with Crippen LogP contribution in [0.3, 0.4) is 0 Å². The maximum Gasteiger partial charge on any atom is 0.167 e. The molecule has 0 aliphatic rings. The fourth-order valence-corrected chi connectivity index (χ4v) is 24.5. The van der Waals surface area contributed by atoms with Gasteiger partial charge in [0.15, 0.2) is 23.0 Å². The molecule has 4 N–H and O–H groups in total. The normalized spacial score (nSPS) is 11.0. The van der Waals surface area contributed by atoms with E-state index < -0.39 is 31.7 Å². The van der Waals surface area contributed by atoms with Gasteiger partial charge in [-0.1, -0.05) is 243 Å². The van der Waals surface area contributed by atoms with Crippen LogP contribution >= 0.6 is 31.7 Å². The molecule has 100 heavy (non-hydrogen) atoms. The van der Waals surface area contributed by atoms with E-state index in [-0.39, 0.29) is 96.1 Å². The van der Waals surface area contributed by atoms with Gasteiger partial charge in [0.1, 0.15) is 95.3 Å². The zero-order valence-corrected chi connectivity index (χ0v) is 66.3. The largest absolute Gasteiger partial charge is 0.504 e. The summed E-state index contributed by atoms with van der Waals surface area (Å²) >= 11 is 0. The number of phenolic OH excluding ortho intramolecular Hbond substituents is 4. The molecule has 0 unspecified atom stereocenters. The van der Waals surface area contributed by atoms with Crippen LogP contribution in [-0.4, -0.2) is 20.4 Å². The van der Waals surface area contributed by atoms with Crippen molar-refractivity contribution in [3.8, 4) is 45.3 Å². The first-order chi connectivity index (χ1) is 47.4. The molecule has 0 aliphatic carbocycles. The number of hydrogen-bond acceptors (Lipinski definition) is 4. The minimum atomic E-state index is -1.63. The first-order valence-corrected chi connectivity index (χ1v) is 38.3. The van der Waals surface area contributed by atoms with E-state index in [0.717, 1.165) is 64.3 Å². The summed E-state index contributed by atoms with van der Waals surface area (Å²) in [6.07, 6.45) is 0. The van der Waals surface area contributed by atoms with Crippen molar-refractivity contribution in [1.82, 2.24) is 0 Å². The van der Waals surface area contributed by atoms with Gasteiger partial charge in [-0.15, -0.1) is 0 Å². The molecule has 2 radical (unpaired) electrons. The van der Waals surface area contributed by atoms with Crippen LogP contribution in [0.1, 0.15) is 0 Å². The maximum atomic E-state index is 12.7. The van der Waals surface area contributed by atoms with E-state index in [1.807, 2.05) is 97.1 Å². The monoisotopic (exact) mass is 1570 g/mol. The Labute approximate surface area is 635 Å². The van der Waals surface area contributed by atoms with Crippen LogP contribution in [0.15, 0.2) is 364 Å². The Hall–Kier alpha value is -8.23. The third-order valence-corrected chi connectivity index (χ3v) is 29.1. The second-order valence-electron chi connectivity index (χ2n) is 23.9. The summed E-state index contributed by atoms with van der Waals surface area (Å²) in [7, 11) is -6.52. The molecule has 0 saturated heterocycles. The van der Waals surface area contributed by atoms with Crippen molar-refractivity contribution in [2.24, 2.45) is 0 Å². The average Bonchev–Trinajstić information content (AvgIpc) is 0.736. The molecule has 16 rings (SSSR count). The standard InChI is InChI=1S/2C44H32O2P2.2Cu.2Zn/c2*45-43-39(47(33-19-5-1-6-20-33)34-21-7-2-8-22-34)29-31-17-13-15-27-37(31)41(43)42-38-28-16-14-18-32(38)30-40(44(42)46)48(35-23-9-3-10-24-35)36-25-11-4-12-26-36;;;;/h2*1-30,45-46H;;;;/p+4. The van der Waals surface area contributed by atoms with Gasteiger partial charge in [0.05, 0.1) is 0 Å². The zero-order valence-electron chi connectivity index (χ0n) is 54.4. The van der Waals surface area contributed by atoms with E-state index in [1.165, 1.54) is 42.4 Å². The Kier molecular flexibility index (Phi) is 24.5. The number of rotatable bonds is 14. The molecule has 16 aromatic rings. The van der Waals surface area contributed by atoms with E-state index in [9.17, 15) is 20.4 Å². The van der Waals surface area contributed by atoms with Crippen LogP contribution in [0.4, 0.5) is 0 Å². The van der Waals surface area contributed by atoms with Gasteiger partial charge in [-0.05, 0) is 164 Å². The Morgan fingerprint density at radius 1 is 0.170 bits per heavy atom. The predicted octanol–water partition coefficient (Wildman–Crippen LogP) is 16.1. The van der Waals surface area contributed by atoms with Crippen LogP contribution in [0.5, 0.6) is 23.0 Å². The summed E-state index contributed by atoms with van der Waals surface area (Å²) in [6.45, 7) is 0. The van der Waals surface area contributed by atoms with Crippen molar-refractivity contribution in [3.05, 3.63) is 364 Å². The van der Waals surface area contributed by atoms with E-state index in [4.69, 9.17) is 0 Å².